The van der Waals surface area contributed by atoms with Crippen LogP contribution in [-0.4, -0.2) is 47.8 Å². The van der Waals surface area contributed by atoms with Crippen molar-refractivity contribution in [1.82, 2.24) is 4.90 Å². The Hall–Kier alpha value is -1.59. The van der Waals surface area contributed by atoms with Gasteiger partial charge in [0.1, 0.15) is 5.75 Å². The summed E-state index contributed by atoms with van der Waals surface area (Å²) in [6.45, 7) is 3.70. The van der Waals surface area contributed by atoms with Gasteiger partial charge in [-0.3, -0.25) is 4.79 Å². The Kier molecular flexibility index (Phi) is 4.39. The van der Waals surface area contributed by atoms with Gasteiger partial charge < -0.3 is 20.5 Å². The van der Waals surface area contributed by atoms with E-state index < -0.39 is 6.04 Å². The number of nitrogens with zero attached hydrogens (tertiary/aromatic N) is 1. The first kappa shape index (κ1) is 13.8. The minimum atomic E-state index is -0.551. The lowest BCUT2D eigenvalue weighted by Crippen LogP contribution is -2.53. The third-order valence-corrected chi connectivity index (χ3v) is 3.36. The van der Waals surface area contributed by atoms with E-state index in [1.807, 2.05) is 6.92 Å². The quantitative estimate of drug-likeness (QED) is 0.834. The van der Waals surface area contributed by atoms with Crippen LogP contribution in [-0.2, 0) is 16.0 Å². The van der Waals surface area contributed by atoms with Crippen molar-refractivity contribution in [2.24, 2.45) is 5.73 Å². The first-order valence-electron chi connectivity index (χ1n) is 6.49. The minimum Gasteiger partial charge on any atom is -0.508 e. The fourth-order valence-electron chi connectivity index (χ4n) is 2.24. The number of phenols is 1. The summed E-state index contributed by atoms with van der Waals surface area (Å²) in [5.74, 6) is 0.175. The molecule has 0 spiro atoms. The lowest BCUT2D eigenvalue weighted by Gasteiger charge is -2.35. The van der Waals surface area contributed by atoms with Gasteiger partial charge >= 0.3 is 0 Å². The number of carbonyl (C=O) groups is 1. The number of amides is 1. The van der Waals surface area contributed by atoms with Crippen molar-refractivity contribution in [3.8, 4) is 5.75 Å². The van der Waals surface area contributed by atoms with E-state index in [-0.39, 0.29) is 17.7 Å². The van der Waals surface area contributed by atoms with Crippen molar-refractivity contribution < 1.29 is 14.6 Å². The highest BCUT2D eigenvalue weighted by Crippen LogP contribution is 2.13. The van der Waals surface area contributed by atoms with Crippen molar-refractivity contribution in [2.45, 2.75) is 25.4 Å². The van der Waals surface area contributed by atoms with E-state index in [2.05, 4.69) is 0 Å². The third kappa shape index (κ3) is 3.45. The standard InChI is InChI=1S/C14H20N2O3/c1-10-9-19-7-6-16(10)14(18)13(15)8-11-2-4-12(17)5-3-11/h2-5,10,13,17H,6-9,15H2,1H3/t10-,13+/m1/s1. The van der Waals surface area contributed by atoms with Gasteiger partial charge in [-0.25, -0.2) is 0 Å². The van der Waals surface area contributed by atoms with Crippen molar-refractivity contribution in [3.05, 3.63) is 29.8 Å². The van der Waals surface area contributed by atoms with E-state index in [0.717, 1.165) is 5.56 Å². The highest BCUT2D eigenvalue weighted by Gasteiger charge is 2.27. The molecule has 5 heteroatoms. The Morgan fingerprint density at radius 2 is 2.21 bits per heavy atom. The zero-order valence-corrected chi connectivity index (χ0v) is 11.1. The van der Waals surface area contributed by atoms with Crippen molar-refractivity contribution in [2.75, 3.05) is 19.8 Å². The van der Waals surface area contributed by atoms with E-state index in [9.17, 15) is 9.90 Å². The molecule has 5 nitrogen and oxygen atoms in total. The molecule has 1 aliphatic rings. The van der Waals surface area contributed by atoms with Crippen molar-refractivity contribution in [3.63, 3.8) is 0 Å². The Bertz CT molecular complexity index is 433. The number of carbonyl (C=O) groups excluding carboxylic acids is 1. The first-order valence-corrected chi connectivity index (χ1v) is 6.49. The molecule has 1 aromatic rings. The zero-order chi connectivity index (χ0) is 13.8. The van der Waals surface area contributed by atoms with Crippen LogP contribution in [0, 0.1) is 0 Å². The maximum atomic E-state index is 12.3. The number of nitrogens with two attached hydrogens (primary N) is 1. The molecule has 0 saturated carbocycles. The fraction of sp³-hybridized carbons (Fsp3) is 0.500. The third-order valence-electron chi connectivity index (χ3n) is 3.36. The number of hydrogen-bond donors (Lipinski definition) is 2. The van der Waals surface area contributed by atoms with Crippen LogP contribution in [0.3, 0.4) is 0 Å². The second-order valence-corrected chi connectivity index (χ2v) is 4.93. The maximum Gasteiger partial charge on any atom is 0.240 e. The zero-order valence-electron chi connectivity index (χ0n) is 11.1. The molecule has 2 rings (SSSR count). The molecule has 0 bridgehead atoms. The van der Waals surface area contributed by atoms with Crippen LogP contribution in [0.1, 0.15) is 12.5 Å². The van der Waals surface area contributed by atoms with E-state index in [0.29, 0.717) is 26.2 Å². The van der Waals surface area contributed by atoms with Crippen LogP contribution in [0.15, 0.2) is 24.3 Å². The van der Waals surface area contributed by atoms with Gasteiger partial charge in [-0.2, -0.15) is 0 Å². The van der Waals surface area contributed by atoms with E-state index in [1.165, 1.54) is 0 Å². The lowest BCUT2D eigenvalue weighted by atomic mass is 10.0. The Balaban J connectivity index is 1.96. The molecule has 1 aromatic carbocycles. The second kappa shape index (κ2) is 6.04. The summed E-state index contributed by atoms with van der Waals surface area (Å²) in [5, 5.41) is 9.22. The molecule has 104 valence electrons. The number of ether oxygens (including phenoxy) is 1. The van der Waals surface area contributed by atoms with Gasteiger partial charge in [0, 0.05) is 6.54 Å². The van der Waals surface area contributed by atoms with Crippen LogP contribution in [0.5, 0.6) is 5.75 Å². The number of morpholine rings is 1. The predicted octanol–water partition coefficient (Wildman–Crippen LogP) is 0.509. The number of aromatic hydroxyl groups is 1. The van der Waals surface area contributed by atoms with Crippen LogP contribution in [0.2, 0.25) is 0 Å². The molecule has 3 N–H and O–H groups in total. The summed E-state index contributed by atoms with van der Waals surface area (Å²) < 4.78 is 5.31. The maximum absolute atomic E-state index is 12.3. The van der Waals surface area contributed by atoms with Gasteiger partial charge in [-0.15, -0.1) is 0 Å². The van der Waals surface area contributed by atoms with Gasteiger partial charge in [0.25, 0.3) is 0 Å². The highest BCUT2D eigenvalue weighted by molar-refractivity contribution is 5.82. The predicted molar refractivity (Wildman–Crippen MR) is 71.8 cm³/mol. The van der Waals surface area contributed by atoms with Crippen LogP contribution in [0.25, 0.3) is 0 Å². The molecule has 1 saturated heterocycles. The molecule has 19 heavy (non-hydrogen) atoms. The smallest absolute Gasteiger partial charge is 0.240 e. The van der Waals surface area contributed by atoms with Crippen molar-refractivity contribution in [1.29, 1.82) is 0 Å². The van der Waals surface area contributed by atoms with Crippen molar-refractivity contribution >= 4 is 5.91 Å². The molecule has 1 amide bonds. The largest absolute Gasteiger partial charge is 0.508 e. The van der Waals surface area contributed by atoms with Gasteiger partial charge in [0.15, 0.2) is 0 Å². The van der Waals surface area contributed by atoms with Crippen LogP contribution < -0.4 is 5.73 Å². The lowest BCUT2D eigenvalue weighted by molar-refractivity contribution is -0.140. The second-order valence-electron chi connectivity index (χ2n) is 4.93. The van der Waals surface area contributed by atoms with Gasteiger partial charge in [-0.1, -0.05) is 12.1 Å². The SMILES string of the molecule is C[C@@H]1COCCN1C(=O)[C@@H](N)Cc1ccc(O)cc1. The topological polar surface area (TPSA) is 75.8 Å². The number of benzene rings is 1. The molecule has 0 aromatic heterocycles. The summed E-state index contributed by atoms with van der Waals surface area (Å²) in [6, 6.07) is 6.29. The van der Waals surface area contributed by atoms with E-state index >= 15 is 0 Å². The molecular formula is C14H20N2O3. The average molecular weight is 264 g/mol. The summed E-state index contributed by atoms with van der Waals surface area (Å²) in [5.41, 5.74) is 6.93. The van der Waals surface area contributed by atoms with E-state index in [4.69, 9.17) is 10.5 Å². The molecular weight excluding hydrogens is 244 g/mol. The van der Waals surface area contributed by atoms with Crippen LogP contribution >= 0.6 is 0 Å². The molecule has 1 fully saturated rings. The monoisotopic (exact) mass is 264 g/mol. The molecule has 0 unspecified atom stereocenters. The Morgan fingerprint density at radius 3 is 2.84 bits per heavy atom. The van der Waals surface area contributed by atoms with Crippen LogP contribution in [0.4, 0.5) is 0 Å². The summed E-state index contributed by atoms with van der Waals surface area (Å²) in [7, 11) is 0. The Labute approximate surface area is 113 Å². The van der Waals surface area contributed by atoms with Gasteiger partial charge in [-0.05, 0) is 31.0 Å². The number of hydrogen-bond acceptors (Lipinski definition) is 4. The number of phenolic OH excluding ortho intramolecular Hbond substituents is 1. The summed E-state index contributed by atoms with van der Waals surface area (Å²) in [4.78, 5) is 14.1. The highest BCUT2D eigenvalue weighted by atomic mass is 16.5. The molecule has 1 heterocycles. The van der Waals surface area contributed by atoms with E-state index in [1.54, 1.807) is 29.2 Å². The Morgan fingerprint density at radius 1 is 1.53 bits per heavy atom. The summed E-state index contributed by atoms with van der Waals surface area (Å²) >= 11 is 0. The first-order chi connectivity index (χ1) is 9.08. The fourth-order valence-corrected chi connectivity index (χ4v) is 2.24. The number of rotatable bonds is 3. The summed E-state index contributed by atoms with van der Waals surface area (Å²) in [6.07, 6.45) is 0.475. The van der Waals surface area contributed by atoms with Gasteiger partial charge in [0.2, 0.25) is 5.91 Å². The van der Waals surface area contributed by atoms with Gasteiger partial charge in [0.05, 0.1) is 25.3 Å². The molecule has 1 aliphatic heterocycles. The molecule has 0 aliphatic carbocycles. The minimum absolute atomic E-state index is 0.0381. The molecule has 0 radical (unpaired) electrons. The average Bonchev–Trinajstić information content (AvgIpc) is 2.41. The molecule has 2 atom stereocenters. The normalized spacial score (nSPS) is 21.2.